The van der Waals surface area contributed by atoms with Gasteiger partial charge in [0.25, 0.3) is 0 Å². The van der Waals surface area contributed by atoms with E-state index in [9.17, 15) is 9.18 Å². The fourth-order valence-electron chi connectivity index (χ4n) is 4.00. The summed E-state index contributed by atoms with van der Waals surface area (Å²) < 4.78 is 14.9. The van der Waals surface area contributed by atoms with Crippen LogP contribution < -0.4 is 5.48 Å². The molecule has 3 saturated carbocycles. The van der Waals surface area contributed by atoms with Gasteiger partial charge in [0, 0.05) is 6.20 Å². The van der Waals surface area contributed by atoms with Crippen molar-refractivity contribution < 1.29 is 14.0 Å². The molecule has 0 radical (unpaired) electrons. The van der Waals surface area contributed by atoms with E-state index in [0.717, 1.165) is 19.3 Å². The summed E-state index contributed by atoms with van der Waals surface area (Å²) in [6, 6.07) is 5.12. The Morgan fingerprint density at radius 3 is 2.69 bits per heavy atom. The van der Waals surface area contributed by atoms with Gasteiger partial charge < -0.3 is 4.84 Å². The Kier molecular flexibility index (Phi) is 4.84. The fourth-order valence-corrected chi connectivity index (χ4v) is 4.36. The van der Waals surface area contributed by atoms with Gasteiger partial charge in [0.05, 0.1) is 11.6 Å². The number of fused-ring (bicyclic) bond motifs is 3. The Morgan fingerprint density at radius 2 is 2.04 bits per heavy atom. The van der Waals surface area contributed by atoms with E-state index in [-0.39, 0.29) is 28.1 Å². The van der Waals surface area contributed by atoms with E-state index in [2.05, 4.69) is 36.4 Å². The number of halogens is 2. The number of rotatable bonds is 4. The Hall–Kier alpha value is -2.09. The quantitative estimate of drug-likeness (QED) is 0.591. The molecule has 0 spiro atoms. The monoisotopic (exact) mass is 420 g/mol. The molecule has 136 valence electrons. The maximum Gasteiger partial charge on any atom is 0.335 e. The van der Waals surface area contributed by atoms with Crippen molar-refractivity contribution in [2.75, 3.05) is 5.48 Å². The Labute approximate surface area is 158 Å². The lowest BCUT2D eigenvalue weighted by Gasteiger charge is -2.40. The second-order valence-corrected chi connectivity index (χ2v) is 7.57. The lowest BCUT2D eigenvalue weighted by atomic mass is 9.65. The first-order chi connectivity index (χ1) is 12.6. The van der Waals surface area contributed by atoms with Gasteiger partial charge in [0.1, 0.15) is 5.69 Å². The van der Waals surface area contributed by atoms with E-state index in [1.54, 1.807) is 24.4 Å². The van der Waals surface area contributed by atoms with Crippen molar-refractivity contribution in [2.24, 2.45) is 17.8 Å². The van der Waals surface area contributed by atoms with Gasteiger partial charge in [-0.05, 0) is 59.2 Å². The maximum absolute atomic E-state index is 14.7. The molecule has 5 rings (SSSR count). The highest BCUT2D eigenvalue weighted by molar-refractivity contribution is 9.10. The molecule has 0 aromatic carbocycles. The van der Waals surface area contributed by atoms with Gasteiger partial charge >= 0.3 is 5.97 Å². The molecule has 6 nitrogen and oxygen atoms in total. The second kappa shape index (κ2) is 7.26. The van der Waals surface area contributed by atoms with Crippen molar-refractivity contribution in [1.29, 1.82) is 0 Å². The van der Waals surface area contributed by atoms with Crippen LogP contribution in [-0.4, -0.2) is 20.9 Å². The molecule has 0 amide bonds. The number of pyridine rings is 1. The number of hydrogen-bond acceptors (Lipinski definition) is 6. The minimum absolute atomic E-state index is 0.0303. The van der Waals surface area contributed by atoms with Crippen molar-refractivity contribution in [3.63, 3.8) is 0 Å². The van der Waals surface area contributed by atoms with Crippen LogP contribution >= 0.6 is 15.9 Å². The largest absolute Gasteiger partial charge is 0.342 e. The van der Waals surface area contributed by atoms with E-state index < -0.39 is 5.82 Å². The average Bonchev–Trinajstić information content (AvgIpc) is 2.69. The number of anilines is 1. The second-order valence-electron chi connectivity index (χ2n) is 6.86. The first kappa shape index (κ1) is 17.3. The molecule has 2 aromatic rings. The summed E-state index contributed by atoms with van der Waals surface area (Å²) >= 11 is 3.16. The van der Waals surface area contributed by atoms with E-state index in [4.69, 9.17) is 4.84 Å². The standard InChI is InChI=1S/C18H18BrFN4O2/c19-18-22-15(13-3-1-2-8-21-13)14(20)16(23-18)24-26-17(25)12-9-10-4-6-11(12)7-5-10/h1-3,8,10-12H,4-7,9H2,(H,22,23,24). The Morgan fingerprint density at radius 1 is 1.23 bits per heavy atom. The molecule has 3 aliphatic carbocycles. The lowest BCUT2D eigenvalue weighted by Crippen LogP contribution is -2.37. The zero-order valence-electron chi connectivity index (χ0n) is 14.0. The van der Waals surface area contributed by atoms with Crippen LogP contribution in [0, 0.1) is 23.6 Å². The molecule has 2 heterocycles. The first-order valence-electron chi connectivity index (χ1n) is 8.73. The summed E-state index contributed by atoms with van der Waals surface area (Å²) in [4.78, 5) is 29.7. The van der Waals surface area contributed by atoms with E-state index in [1.165, 1.54) is 12.8 Å². The van der Waals surface area contributed by atoms with Crippen LogP contribution in [0.4, 0.5) is 10.2 Å². The fraction of sp³-hybridized carbons (Fsp3) is 0.444. The van der Waals surface area contributed by atoms with Crippen molar-refractivity contribution in [3.8, 4) is 11.4 Å². The topological polar surface area (TPSA) is 77.0 Å². The van der Waals surface area contributed by atoms with Gasteiger partial charge in [0.2, 0.25) is 5.82 Å². The molecule has 1 unspecified atom stereocenters. The average molecular weight is 421 g/mol. The van der Waals surface area contributed by atoms with Crippen LogP contribution in [0.3, 0.4) is 0 Å². The lowest BCUT2D eigenvalue weighted by molar-refractivity contribution is -0.151. The molecule has 2 aromatic heterocycles. The van der Waals surface area contributed by atoms with Crippen LogP contribution in [0.2, 0.25) is 0 Å². The van der Waals surface area contributed by atoms with E-state index in [1.807, 2.05) is 0 Å². The first-order valence-corrected chi connectivity index (χ1v) is 9.52. The van der Waals surface area contributed by atoms with Crippen LogP contribution in [0.1, 0.15) is 32.1 Å². The number of aromatic nitrogens is 3. The minimum Gasteiger partial charge on any atom is -0.342 e. The molecule has 3 fully saturated rings. The zero-order chi connectivity index (χ0) is 18.1. The molecule has 0 aliphatic heterocycles. The third-order valence-electron chi connectivity index (χ3n) is 5.33. The van der Waals surface area contributed by atoms with Gasteiger partial charge in [-0.3, -0.25) is 4.98 Å². The van der Waals surface area contributed by atoms with Crippen LogP contribution in [0.5, 0.6) is 0 Å². The molecule has 1 N–H and O–H groups in total. The predicted molar refractivity (Wildman–Crippen MR) is 96.2 cm³/mol. The predicted octanol–water partition coefficient (Wildman–Crippen LogP) is 4.14. The molecule has 3 aliphatic rings. The van der Waals surface area contributed by atoms with E-state index in [0.29, 0.717) is 17.5 Å². The highest BCUT2D eigenvalue weighted by Gasteiger charge is 2.40. The summed E-state index contributed by atoms with van der Waals surface area (Å²) in [6.07, 6.45) is 6.95. The summed E-state index contributed by atoms with van der Waals surface area (Å²) in [7, 11) is 0. The molecule has 2 bridgehead atoms. The third kappa shape index (κ3) is 3.42. The molecular weight excluding hydrogens is 403 g/mol. The highest BCUT2D eigenvalue weighted by Crippen LogP contribution is 2.45. The molecule has 1 atom stereocenters. The van der Waals surface area contributed by atoms with Crippen molar-refractivity contribution in [3.05, 3.63) is 34.9 Å². The number of nitrogens with one attached hydrogen (secondary N) is 1. The van der Waals surface area contributed by atoms with Gasteiger partial charge in [-0.1, -0.05) is 18.9 Å². The summed E-state index contributed by atoms with van der Waals surface area (Å²) in [5.41, 5.74) is 2.79. The third-order valence-corrected chi connectivity index (χ3v) is 5.68. The number of carbonyl (C=O) groups excluding carboxylic acids is 1. The summed E-state index contributed by atoms with van der Waals surface area (Å²) in [5.74, 6) is -0.378. The van der Waals surface area contributed by atoms with Gasteiger partial charge in [0.15, 0.2) is 10.6 Å². The smallest absolute Gasteiger partial charge is 0.335 e. The molecule has 8 heteroatoms. The summed E-state index contributed by atoms with van der Waals surface area (Å²) in [5, 5.41) is 0. The molecule has 0 saturated heterocycles. The highest BCUT2D eigenvalue weighted by atomic mass is 79.9. The normalized spacial score (nSPS) is 24.3. The van der Waals surface area contributed by atoms with Gasteiger partial charge in [-0.2, -0.15) is 10.5 Å². The summed E-state index contributed by atoms with van der Waals surface area (Å²) in [6.45, 7) is 0. The number of nitrogens with zero attached hydrogens (tertiary/aromatic N) is 3. The Bertz CT molecular complexity index is 812. The zero-order valence-corrected chi connectivity index (χ0v) is 15.6. The van der Waals surface area contributed by atoms with E-state index >= 15 is 0 Å². The van der Waals surface area contributed by atoms with Crippen molar-refractivity contribution in [1.82, 2.24) is 15.0 Å². The van der Waals surface area contributed by atoms with Gasteiger partial charge in [-0.15, -0.1) is 0 Å². The maximum atomic E-state index is 14.7. The SMILES string of the molecule is O=C(ONc1nc(Br)nc(-c2ccccn2)c1F)C1CC2CCC1CC2. The van der Waals surface area contributed by atoms with Crippen LogP contribution in [0.15, 0.2) is 29.1 Å². The Balaban J connectivity index is 1.50. The molecular formula is C18H18BrFN4O2. The van der Waals surface area contributed by atoms with Crippen molar-refractivity contribution in [2.45, 2.75) is 32.1 Å². The van der Waals surface area contributed by atoms with Gasteiger partial charge in [-0.25, -0.2) is 14.2 Å². The number of carbonyl (C=O) groups is 1. The van der Waals surface area contributed by atoms with Crippen LogP contribution in [-0.2, 0) is 9.63 Å². The van der Waals surface area contributed by atoms with Crippen LogP contribution in [0.25, 0.3) is 11.4 Å². The van der Waals surface area contributed by atoms with Crippen molar-refractivity contribution >= 4 is 27.7 Å². The number of hydrogen-bond donors (Lipinski definition) is 1. The minimum atomic E-state index is -0.718. The molecule has 26 heavy (non-hydrogen) atoms.